The van der Waals surface area contributed by atoms with Crippen molar-refractivity contribution in [2.75, 3.05) is 0 Å². The van der Waals surface area contributed by atoms with Crippen LogP contribution in [-0.2, 0) is 5.54 Å². The summed E-state index contributed by atoms with van der Waals surface area (Å²) in [6.07, 6.45) is 0. The van der Waals surface area contributed by atoms with Gasteiger partial charge in [-0.3, -0.25) is 0 Å². The molecule has 2 aromatic carbocycles. The van der Waals surface area contributed by atoms with Crippen LogP contribution < -0.4 is 0 Å². The predicted molar refractivity (Wildman–Crippen MR) is 98.9 cm³/mol. The second kappa shape index (κ2) is 5.01. The van der Waals surface area contributed by atoms with Crippen LogP contribution in [0.1, 0.15) is 26.5 Å². The normalized spacial score (nSPS) is 11.9. The average molecular weight is 313 g/mol. The third kappa shape index (κ3) is 1.97. The molecule has 0 spiro atoms. The zero-order valence-electron chi connectivity index (χ0n) is 14.1. The van der Waals surface area contributed by atoms with Crippen molar-refractivity contribution in [3.8, 4) is 17.2 Å². The molecule has 0 bridgehead atoms. The summed E-state index contributed by atoms with van der Waals surface area (Å²) in [5.41, 5.74) is 4.71. The van der Waals surface area contributed by atoms with Crippen molar-refractivity contribution in [1.29, 1.82) is 5.26 Å². The van der Waals surface area contributed by atoms with E-state index in [4.69, 9.17) is 0 Å². The zero-order chi connectivity index (χ0) is 16.9. The van der Waals surface area contributed by atoms with E-state index in [1.165, 1.54) is 0 Å². The Balaban J connectivity index is 2.27. The summed E-state index contributed by atoms with van der Waals surface area (Å²) >= 11 is 0. The van der Waals surface area contributed by atoms with Crippen LogP contribution in [0.15, 0.2) is 54.6 Å². The molecule has 2 aromatic heterocycles. The molecule has 0 aliphatic rings. The molecule has 4 rings (SSSR count). The van der Waals surface area contributed by atoms with E-state index in [0.29, 0.717) is 5.69 Å². The molecule has 0 saturated carbocycles. The Morgan fingerprint density at radius 1 is 0.958 bits per heavy atom. The predicted octanol–water partition coefficient (Wildman–Crippen LogP) is 5.42. The van der Waals surface area contributed by atoms with E-state index >= 15 is 0 Å². The number of hydrogen-bond acceptors (Lipinski definition) is 1. The van der Waals surface area contributed by atoms with Crippen LogP contribution >= 0.6 is 0 Å². The van der Waals surface area contributed by atoms with Crippen molar-refractivity contribution in [3.05, 3.63) is 60.3 Å². The van der Waals surface area contributed by atoms with Crippen molar-refractivity contribution in [3.63, 3.8) is 0 Å². The van der Waals surface area contributed by atoms with Crippen LogP contribution in [-0.4, -0.2) is 9.55 Å². The molecule has 0 aliphatic heterocycles. The molecular formula is C21H19N3. The van der Waals surface area contributed by atoms with Gasteiger partial charge in [0.05, 0.1) is 0 Å². The number of nitriles is 1. The first kappa shape index (κ1) is 14.6. The van der Waals surface area contributed by atoms with Gasteiger partial charge in [-0.05, 0) is 32.4 Å². The lowest BCUT2D eigenvalue weighted by Gasteiger charge is -2.23. The van der Waals surface area contributed by atoms with Gasteiger partial charge in [0.2, 0.25) is 0 Å². The van der Waals surface area contributed by atoms with Gasteiger partial charge in [-0.15, -0.1) is 0 Å². The molecule has 0 amide bonds. The smallest absolute Gasteiger partial charge is 0.130 e. The van der Waals surface area contributed by atoms with Gasteiger partial charge in [0.1, 0.15) is 17.4 Å². The van der Waals surface area contributed by atoms with Gasteiger partial charge < -0.3 is 9.55 Å². The van der Waals surface area contributed by atoms with Crippen LogP contribution in [0.3, 0.4) is 0 Å². The second-order valence-corrected chi connectivity index (χ2v) is 7.10. The van der Waals surface area contributed by atoms with E-state index in [-0.39, 0.29) is 5.54 Å². The van der Waals surface area contributed by atoms with Gasteiger partial charge in [0, 0.05) is 27.4 Å². The minimum atomic E-state index is -0.197. The van der Waals surface area contributed by atoms with Crippen LogP contribution in [0.2, 0.25) is 0 Å². The van der Waals surface area contributed by atoms with Gasteiger partial charge in [0.25, 0.3) is 0 Å². The Labute approximate surface area is 141 Å². The molecule has 0 saturated heterocycles. The summed E-state index contributed by atoms with van der Waals surface area (Å²) in [6, 6.07) is 20.9. The Morgan fingerprint density at radius 2 is 1.62 bits per heavy atom. The fourth-order valence-corrected chi connectivity index (χ4v) is 3.55. The highest BCUT2D eigenvalue weighted by Gasteiger charge is 2.27. The molecule has 2 heterocycles. The molecule has 0 unspecified atom stereocenters. The number of nitrogens with zero attached hydrogens (tertiary/aromatic N) is 2. The van der Waals surface area contributed by atoms with Crippen molar-refractivity contribution in [2.45, 2.75) is 26.3 Å². The number of fused-ring (bicyclic) bond motifs is 3. The van der Waals surface area contributed by atoms with Crippen LogP contribution in [0.25, 0.3) is 33.1 Å². The maximum absolute atomic E-state index is 9.93. The Kier molecular flexibility index (Phi) is 3.04. The van der Waals surface area contributed by atoms with Gasteiger partial charge in [-0.2, -0.15) is 5.26 Å². The summed E-state index contributed by atoms with van der Waals surface area (Å²) < 4.78 is 2.13. The molecule has 118 valence electrons. The minimum Gasteiger partial charge on any atom is -0.341 e. The van der Waals surface area contributed by atoms with E-state index in [2.05, 4.69) is 60.7 Å². The van der Waals surface area contributed by atoms with Crippen molar-refractivity contribution < 1.29 is 0 Å². The number of hydrogen-bond donors (Lipinski definition) is 1. The van der Waals surface area contributed by atoms with Gasteiger partial charge in [-0.1, -0.05) is 48.5 Å². The third-order valence-electron chi connectivity index (χ3n) is 4.46. The maximum atomic E-state index is 9.93. The molecule has 0 fully saturated rings. The molecule has 1 N–H and O–H groups in total. The average Bonchev–Trinajstić information content (AvgIpc) is 3.08. The standard InChI is InChI=1S/C21H19N3/c1-21(2,3)24-17(13-22)18(14-9-5-4-6-10-14)19-15-11-7-8-12-16(15)23-20(19)24/h4-12,23H,1-3H3. The Bertz CT molecular complexity index is 1080. The van der Waals surface area contributed by atoms with E-state index in [1.54, 1.807) is 0 Å². The molecule has 3 heteroatoms. The van der Waals surface area contributed by atoms with Crippen molar-refractivity contribution in [1.82, 2.24) is 9.55 Å². The number of rotatable bonds is 1. The van der Waals surface area contributed by atoms with Crippen molar-refractivity contribution in [2.24, 2.45) is 0 Å². The SMILES string of the molecule is CC(C)(C)n1c(C#N)c(-c2ccccc2)c2c3ccccc3[nH]c21. The first-order valence-corrected chi connectivity index (χ1v) is 8.13. The number of nitrogens with one attached hydrogen (secondary N) is 1. The summed E-state index contributed by atoms with van der Waals surface area (Å²) in [4.78, 5) is 3.53. The highest BCUT2D eigenvalue weighted by Crippen LogP contribution is 2.41. The van der Waals surface area contributed by atoms with Crippen molar-refractivity contribution >= 4 is 21.9 Å². The lowest BCUT2D eigenvalue weighted by atomic mass is 10.0. The summed E-state index contributed by atoms with van der Waals surface area (Å²) in [5, 5.41) is 12.2. The number of aromatic nitrogens is 2. The second-order valence-electron chi connectivity index (χ2n) is 7.10. The molecular weight excluding hydrogens is 294 g/mol. The summed E-state index contributed by atoms with van der Waals surface area (Å²) in [5.74, 6) is 0. The van der Waals surface area contributed by atoms with Crippen LogP contribution in [0.5, 0.6) is 0 Å². The summed E-state index contributed by atoms with van der Waals surface area (Å²) in [6.45, 7) is 6.40. The first-order valence-electron chi connectivity index (χ1n) is 8.13. The minimum absolute atomic E-state index is 0.197. The van der Waals surface area contributed by atoms with E-state index in [0.717, 1.165) is 33.1 Å². The highest BCUT2D eigenvalue weighted by atomic mass is 15.1. The Morgan fingerprint density at radius 3 is 2.29 bits per heavy atom. The molecule has 24 heavy (non-hydrogen) atoms. The first-order chi connectivity index (χ1) is 11.5. The molecule has 3 nitrogen and oxygen atoms in total. The lowest BCUT2D eigenvalue weighted by Crippen LogP contribution is -2.23. The molecule has 0 atom stereocenters. The topological polar surface area (TPSA) is 44.5 Å². The quantitative estimate of drug-likeness (QED) is 0.501. The van der Waals surface area contributed by atoms with Gasteiger partial charge in [-0.25, -0.2) is 0 Å². The summed E-state index contributed by atoms with van der Waals surface area (Å²) in [7, 11) is 0. The number of H-pyrrole nitrogens is 1. The maximum Gasteiger partial charge on any atom is 0.130 e. The lowest BCUT2D eigenvalue weighted by molar-refractivity contribution is 0.406. The molecule has 0 aliphatic carbocycles. The van der Waals surface area contributed by atoms with Crippen LogP contribution in [0.4, 0.5) is 0 Å². The van der Waals surface area contributed by atoms with E-state index in [1.807, 2.05) is 30.3 Å². The van der Waals surface area contributed by atoms with Gasteiger partial charge in [0.15, 0.2) is 0 Å². The monoisotopic (exact) mass is 313 g/mol. The molecule has 4 aromatic rings. The van der Waals surface area contributed by atoms with E-state index < -0.39 is 0 Å². The fraction of sp³-hybridized carbons (Fsp3) is 0.190. The molecule has 0 radical (unpaired) electrons. The number of benzene rings is 2. The van der Waals surface area contributed by atoms with Crippen LogP contribution in [0, 0.1) is 11.3 Å². The van der Waals surface area contributed by atoms with E-state index in [9.17, 15) is 5.26 Å². The zero-order valence-corrected chi connectivity index (χ0v) is 14.1. The number of para-hydroxylation sites is 1. The largest absolute Gasteiger partial charge is 0.341 e. The third-order valence-corrected chi connectivity index (χ3v) is 4.46. The number of aromatic amines is 1. The fourth-order valence-electron chi connectivity index (χ4n) is 3.55. The Hall–Kier alpha value is -2.99. The highest BCUT2D eigenvalue weighted by molar-refractivity contribution is 6.15. The van der Waals surface area contributed by atoms with Gasteiger partial charge >= 0.3 is 0 Å².